The van der Waals surface area contributed by atoms with Crippen LogP contribution in [-0.4, -0.2) is 40.9 Å². The highest BCUT2D eigenvalue weighted by Crippen LogP contribution is 2.41. The zero-order valence-corrected chi connectivity index (χ0v) is 24.6. The fourth-order valence-corrected chi connectivity index (χ4v) is 6.67. The maximum absolute atomic E-state index is 13.8. The first-order chi connectivity index (χ1) is 19.2. The third-order valence-corrected chi connectivity index (χ3v) is 8.95. The SMILES string of the molecule is COc1cc(C)[nH]c(=O)c1CCC(=O)c1c(C)n(C(C)C2CCN(C)C(c3ccc(C)cc3)C2)c2ccccc12. The molecule has 1 fully saturated rings. The van der Waals surface area contributed by atoms with Crippen LogP contribution in [0, 0.1) is 26.7 Å². The Kier molecular flexibility index (Phi) is 7.99. The molecule has 2 aromatic carbocycles. The fourth-order valence-electron chi connectivity index (χ4n) is 6.67. The van der Waals surface area contributed by atoms with Crippen molar-refractivity contribution in [2.75, 3.05) is 20.7 Å². The number of carbonyl (C=O) groups is 1. The van der Waals surface area contributed by atoms with Crippen LogP contribution >= 0.6 is 0 Å². The summed E-state index contributed by atoms with van der Waals surface area (Å²) in [6, 6.07) is 19.6. The van der Waals surface area contributed by atoms with E-state index in [1.807, 2.05) is 19.1 Å². The van der Waals surface area contributed by atoms with Crippen molar-refractivity contribution >= 4 is 16.7 Å². The number of ketones is 1. The molecule has 3 unspecified atom stereocenters. The summed E-state index contributed by atoms with van der Waals surface area (Å²) in [6.07, 6.45) is 2.77. The van der Waals surface area contributed by atoms with Crippen molar-refractivity contribution in [3.05, 3.63) is 98.6 Å². The lowest BCUT2D eigenvalue weighted by Gasteiger charge is -2.40. The molecule has 3 heterocycles. The second kappa shape index (κ2) is 11.5. The maximum atomic E-state index is 13.8. The predicted molar refractivity (Wildman–Crippen MR) is 162 cm³/mol. The Morgan fingerprint density at radius 3 is 2.55 bits per heavy atom. The number of Topliss-reactive ketones (excluding diaryl/α,β-unsaturated/α-hetero) is 1. The Hall–Kier alpha value is -3.64. The summed E-state index contributed by atoms with van der Waals surface area (Å²) >= 11 is 0. The number of nitrogens with one attached hydrogen (secondary N) is 1. The number of carbonyl (C=O) groups excluding carboxylic acids is 1. The number of likely N-dealkylation sites (tertiary alicyclic amines) is 1. The van der Waals surface area contributed by atoms with Gasteiger partial charge in [-0.05, 0) is 84.2 Å². The molecule has 1 saturated heterocycles. The van der Waals surface area contributed by atoms with Crippen LogP contribution in [0.3, 0.4) is 0 Å². The number of aryl methyl sites for hydroxylation is 2. The Morgan fingerprint density at radius 1 is 1.10 bits per heavy atom. The van der Waals surface area contributed by atoms with E-state index < -0.39 is 0 Å². The number of fused-ring (bicyclic) bond motifs is 1. The van der Waals surface area contributed by atoms with E-state index in [-0.39, 0.29) is 23.8 Å². The van der Waals surface area contributed by atoms with Gasteiger partial charge in [0.15, 0.2) is 5.78 Å². The number of nitrogens with zero attached hydrogens (tertiary/aromatic N) is 2. The molecule has 0 radical (unpaired) electrons. The molecule has 6 nitrogen and oxygen atoms in total. The van der Waals surface area contributed by atoms with E-state index in [2.05, 4.69) is 84.7 Å². The number of H-pyrrole nitrogens is 1. The molecular formula is C34H41N3O3. The van der Waals surface area contributed by atoms with Gasteiger partial charge < -0.3 is 14.3 Å². The van der Waals surface area contributed by atoms with Gasteiger partial charge in [-0.3, -0.25) is 14.5 Å². The van der Waals surface area contributed by atoms with Gasteiger partial charge in [0.2, 0.25) is 0 Å². The van der Waals surface area contributed by atoms with Crippen LogP contribution < -0.4 is 10.3 Å². The first-order valence-electron chi connectivity index (χ1n) is 14.4. The summed E-state index contributed by atoms with van der Waals surface area (Å²) in [5, 5.41) is 0.990. The fraction of sp³-hybridized carbons (Fsp3) is 0.412. The summed E-state index contributed by atoms with van der Waals surface area (Å²) in [6.45, 7) is 9.39. The molecule has 6 heteroatoms. The lowest BCUT2D eigenvalue weighted by atomic mass is 9.83. The first-order valence-corrected chi connectivity index (χ1v) is 14.4. The normalized spacial score (nSPS) is 18.6. The number of piperidine rings is 1. The van der Waals surface area contributed by atoms with Crippen LogP contribution in [-0.2, 0) is 6.42 Å². The maximum Gasteiger partial charge on any atom is 0.255 e. The Bertz CT molecular complexity index is 1580. The average Bonchev–Trinajstić information content (AvgIpc) is 3.24. The van der Waals surface area contributed by atoms with E-state index >= 15 is 0 Å². The van der Waals surface area contributed by atoms with Crippen molar-refractivity contribution in [1.29, 1.82) is 0 Å². The van der Waals surface area contributed by atoms with Gasteiger partial charge in [-0.2, -0.15) is 0 Å². The zero-order valence-electron chi connectivity index (χ0n) is 24.6. The molecule has 0 bridgehead atoms. The van der Waals surface area contributed by atoms with Crippen molar-refractivity contribution in [2.24, 2.45) is 5.92 Å². The highest BCUT2D eigenvalue weighted by Gasteiger charge is 2.33. The molecule has 0 aliphatic carbocycles. The molecule has 1 aliphatic rings. The number of pyridine rings is 1. The smallest absolute Gasteiger partial charge is 0.255 e. The monoisotopic (exact) mass is 539 g/mol. The number of rotatable bonds is 8. The summed E-state index contributed by atoms with van der Waals surface area (Å²) in [5.41, 5.74) is 6.60. The van der Waals surface area contributed by atoms with Crippen LogP contribution in [0.5, 0.6) is 5.75 Å². The van der Waals surface area contributed by atoms with Gasteiger partial charge in [0.05, 0.1) is 12.7 Å². The van der Waals surface area contributed by atoms with Crippen molar-refractivity contribution in [3.8, 4) is 5.75 Å². The summed E-state index contributed by atoms with van der Waals surface area (Å²) in [4.78, 5) is 31.7. The molecule has 4 aromatic rings. The minimum absolute atomic E-state index is 0.0580. The number of aromatic amines is 1. The molecule has 1 aliphatic heterocycles. The lowest BCUT2D eigenvalue weighted by molar-refractivity contribution is 0.0982. The lowest BCUT2D eigenvalue weighted by Crippen LogP contribution is -2.36. The van der Waals surface area contributed by atoms with E-state index in [4.69, 9.17) is 4.74 Å². The summed E-state index contributed by atoms with van der Waals surface area (Å²) in [5.74, 6) is 1.07. The van der Waals surface area contributed by atoms with Crippen molar-refractivity contribution < 1.29 is 9.53 Å². The molecular weight excluding hydrogens is 498 g/mol. The number of methoxy groups -OCH3 is 1. The van der Waals surface area contributed by atoms with Crippen LogP contribution in [0.4, 0.5) is 0 Å². The van der Waals surface area contributed by atoms with Crippen molar-refractivity contribution in [3.63, 3.8) is 0 Å². The van der Waals surface area contributed by atoms with Crippen LogP contribution in [0.15, 0.2) is 59.4 Å². The van der Waals surface area contributed by atoms with E-state index in [0.717, 1.165) is 47.2 Å². The van der Waals surface area contributed by atoms with E-state index in [1.165, 1.54) is 11.1 Å². The zero-order chi connectivity index (χ0) is 28.6. The highest BCUT2D eigenvalue weighted by atomic mass is 16.5. The summed E-state index contributed by atoms with van der Waals surface area (Å²) in [7, 11) is 3.79. The van der Waals surface area contributed by atoms with Gasteiger partial charge in [0.1, 0.15) is 5.75 Å². The number of ether oxygens (including phenoxy) is 1. The van der Waals surface area contributed by atoms with Gasteiger partial charge in [0.25, 0.3) is 5.56 Å². The van der Waals surface area contributed by atoms with E-state index in [9.17, 15) is 9.59 Å². The second-order valence-corrected chi connectivity index (χ2v) is 11.5. The van der Waals surface area contributed by atoms with Gasteiger partial charge in [0, 0.05) is 46.4 Å². The molecule has 0 amide bonds. The van der Waals surface area contributed by atoms with Crippen molar-refractivity contribution in [2.45, 2.75) is 65.5 Å². The van der Waals surface area contributed by atoms with E-state index in [1.54, 1.807) is 7.11 Å². The number of para-hydroxylation sites is 1. The minimum Gasteiger partial charge on any atom is -0.496 e. The number of hydrogen-bond donors (Lipinski definition) is 1. The molecule has 1 N–H and O–H groups in total. The second-order valence-electron chi connectivity index (χ2n) is 11.5. The first kappa shape index (κ1) is 27.9. The highest BCUT2D eigenvalue weighted by molar-refractivity contribution is 6.09. The number of aromatic nitrogens is 2. The Labute approximate surface area is 237 Å². The van der Waals surface area contributed by atoms with Crippen LogP contribution in [0.1, 0.15) is 76.7 Å². The van der Waals surface area contributed by atoms with Crippen LogP contribution in [0.2, 0.25) is 0 Å². The minimum atomic E-state index is -0.192. The largest absolute Gasteiger partial charge is 0.496 e. The third kappa shape index (κ3) is 5.25. The molecule has 3 atom stereocenters. The summed E-state index contributed by atoms with van der Waals surface area (Å²) < 4.78 is 7.85. The Morgan fingerprint density at radius 2 is 1.82 bits per heavy atom. The standard InChI is InChI=1S/C34H41N3O3/c1-21-11-13-25(14-12-21)30-20-26(17-18-36(30)5)23(3)37-24(4)33(27-9-7-8-10-29(27)37)31(38)16-15-28-32(40-6)19-22(2)35-34(28)39/h7-14,19,23,26,30H,15-18,20H2,1-6H3,(H,35,39). The number of benzene rings is 2. The predicted octanol–water partition coefficient (Wildman–Crippen LogP) is 6.72. The van der Waals surface area contributed by atoms with Gasteiger partial charge in [-0.15, -0.1) is 0 Å². The topological polar surface area (TPSA) is 67.3 Å². The quantitative estimate of drug-likeness (QED) is 0.252. The van der Waals surface area contributed by atoms with Crippen LogP contribution in [0.25, 0.3) is 10.9 Å². The van der Waals surface area contributed by atoms with Gasteiger partial charge in [-0.25, -0.2) is 0 Å². The number of hydrogen-bond acceptors (Lipinski definition) is 4. The Balaban J connectivity index is 1.44. The molecule has 5 rings (SSSR count). The van der Waals surface area contributed by atoms with Crippen molar-refractivity contribution in [1.82, 2.24) is 14.5 Å². The van der Waals surface area contributed by atoms with Gasteiger partial charge in [-0.1, -0.05) is 48.0 Å². The molecule has 0 spiro atoms. The molecule has 2 aromatic heterocycles. The van der Waals surface area contributed by atoms with Gasteiger partial charge >= 0.3 is 0 Å². The molecule has 40 heavy (non-hydrogen) atoms. The molecule has 0 saturated carbocycles. The average molecular weight is 540 g/mol. The molecule has 210 valence electrons. The van der Waals surface area contributed by atoms with E-state index in [0.29, 0.717) is 29.7 Å². The third-order valence-electron chi connectivity index (χ3n) is 8.95.